The quantitative estimate of drug-likeness (QED) is 0.798. The van der Waals surface area contributed by atoms with Crippen LogP contribution in [0.3, 0.4) is 0 Å². The third-order valence-corrected chi connectivity index (χ3v) is 4.41. The SMILES string of the molecule is CCC(CC)(CO)NC(=O)Cn1nnc(-c2cccs2)n1. The van der Waals surface area contributed by atoms with E-state index in [-0.39, 0.29) is 19.1 Å². The Morgan fingerprint density at radius 1 is 1.48 bits per heavy atom. The van der Waals surface area contributed by atoms with Crippen LogP contribution in [0.5, 0.6) is 0 Å². The zero-order valence-electron chi connectivity index (χ0n) is 12.1. The molecule has 0 unspecified atom stereocenters. The second kappa shape index (κ2) is 6.77. The van der Waals surface area contributed by atoms with Gasteiger partial charge in [-0.3, -0.25) is 4.79 Å². The molecule has 0 radical (unpaired) electrons. The standard InChI is InChI=1S/C13H19N5O2S/c1-3-13(4-2,9-19)14-11(20)8-18-16-12(15-17-18)10-6-5-7-21-10/h5-7,19H,3-4,8-9H2,1-2H3,(H,14,20). The van der Waals surface area contributed by atoms with Crippen molar-refractivity contribution in [1.82, 2.24) is 25.5 Å². The van der Waals surface area contributed by atoms with Crippen LogP contribution in [-0.2, 0) is 11.3 Å². The van der Waals surface area contributed by atoms with Crippen LogP contribution >= 0.6 is 11.3 Å². The highest BCUT2D eigenvalue weighted by Gasteiger charge is 2.27. The van der Waals surface area contributed by atoms with E-state index in [1.807, 2.05) is 31.4 Å². The topological polar surface area (TPSA) is 92.9 Å². The number of aliphatic hydroxyl groups excluding tert-OH is 1. The lowest BCUT2D eigenvalue weighted by atomic mass is 9.94. The zero-order valence-corrected chi connectivity index (χ0v) is 12.9. The van der Waals surface area contributed by atoms with Crippen molar-refractivity contribution in [2.75, 3.05) is 6.61 Å². The number of aromatic nitrogens is 4. The fourth-order valence-corrected chi connectivity index (χ4v) is 2.62. The summed E-state index contributed by atoms with van der Waals surface area (Å²) in [5.74, 6) is 0.278. The first kappa shape index (κ1) is 15.6. The smallest absolute Gasteiger partial charge is 0.244 e. The first-order valence-electron chi connectivity index (χ1n) is 6.86. The van der Waals surface area contributed by atoms with Crippen LogP contribution in [0.1, 0.15) is 26.7 Å². The molecule has 0 spiro atoms. The zero-order chi connectivity index (χ0) is 15.3. The van der Waals surface area contributed by atoms with Gasteiger partial charge in [-0.05, 0) is 29.5 Å². The van der Waals surface area contributed by atoms with Gasteiger partial charge in [0.25, 0.3) is 0 Å². The number of nitrogens with zero attached hydrogens (tertiary/aromatic N) is 4. The third-order valence-electron chi connectivity index (χ3n) is 3.54. The van der Waals surface area contributed by atoms with E-state index in [9.17, 15) is 9.90 Å². The van der Waals surface area contributed by atoms with E-state index in [0.717, 1.165) is 4.88 Å². The Labute approximate surface area is 127 Å². The molecule has 21 heavy (non-hydrogen) atoms. The molecular formula is C13H19N5O2S. The number of tetrazole rings is 1. The van der Waals surface area contributed by atoms with Gasteiger partial charge in [-0.25, -0.2) is 0 Å². The van der Waals surface area contributed by atoms with Crippen molar-refractivity contribution >= 4 is 17.2 Å². The highest BCUT2D eigenvalue weighted by molar-refractivity contribution is 7.13. The van der Waals surface area contributed by atoms with Gasteiger partial charge in [0.1, 0.15) is 6.54 Å². The summed E-state index contributed by atoms with van der Waals surface area (Å²) in [5, 5.41) is 26.2. The molecule has 7 nitrogen and oxygen atoms in total. The average molecular weight is 309 g/mol. The highest BCUT2D eigenvalue weighted by atomic mass is 32.1. The molecule has 0 aliphatic carbocycles. The van der Waals surface area contributed by atoms with Crippen molar-refractivity contribution in [3.8, 4) is 10.7 Å². The largest absolute Gasteiger partial charge is 0.394 e. The summed E-state index contributed by atoms with van der Waals surface area (Å²) in [5.41, 5.74) is -0.575. The molecule has 0 saturated carbocycles. The number of hydrogen-bond acceptors (Lipinski definition) is 6. The van der Waals surface area contributed by atoms with Crippen LogP contribution in [0.25, 0.3) is 10.7 Å². The summed E-state index contributed by atoms with van der Waals surface area (Å²) >= 11 is 1.52. The number of amides is 1. The van der Waals surface area contributed by atoms with E-state index in [0.29, 0.717) is 18.7 Å². The van der Waals surface area contributed by atoms with E-state index in [1.54, 1.807) is 0 Å². The van der Waals surface area contributed by atoms with E-state index in [1.165, 1.54) is 16.1 Å². The van der Waals surface area contributed by atoms with Crippen LogP contribution in [0.15, 0.2) is 17.5 Å². The summed E-state index contributed by atoms with van der Waals surface area (Å²) in [6.07, 6.45) is 1.33. The van der Waals surface area contributed by atoms with Gasteiger partial charge in [0, 0.05) is 0 Å². The molecule has 2 heterocycles. The Kier molecular flexibility index (Phi) is 5.03. The second-order valence-electron chi connectivity index (χ2n) is 4.81. The van der Waals surface area contributed by atoms with Crippen LogP contribution in [0, 0.1) is 0 Å². The molecule has 2 N–H and O–H groups in total. The molecule has 2 aromatic rings. The van der Waals surface area contributed by atoms with Crippen LogP contribution in [-0.4, -0.2) is 43.4 Å². The Morgan fingerprint density at radius 2 is 2.24 bits per heavy atom. The number of carbonyl (C=O) groups is 1. The van der Waals surface area contributed by atoms with Crippen LogP contribution in [0.2, 0.25) is 0 Å². The van der Waals surface area contributed by atoms with E-state index in [2.05, 4.69) is 20.7 Å². The van der Waals surface area contributed by atoms with Crippen molar-refractivity contribution in [3.63, 3.8) is 0 Å². The van der Waals surface area contributed by atoms with Crippen molar-refractivity contribution in [2.45, 2.75) is 38.8 Å². The number of aliphatic hydroxyl groups is 1. The first-order valence-corrected chi connectivity index (χ1v) is 7.74. The Hall–Kier alpha value is -1.80. The minimum Gasteiger partial charge on any atom is -0.394 e. The molecule has 0 fully saturated rings. The lowest BCUT2D eigenvalue weighted by Gasteiger charge is -2.30. The molecule has 0 aliphatic heterocycles. The van der Waals surface area contributed by atoms with Gasteiger partial charge in [0.15, 0.2) is 0 Å². The highest BCUT2D eigenvalue weighted by Crippen LogP contribution is 2.19. The van der Waals surface area contributed by atoms with Gasteiger partial charge < -0.3 is 10.4 Å². The van der Waals surface area contributed by atoms with Gasteiger partial charge in [-0.15, -0.1) is 21.5 Å². The molecule has 2 aromatic heterocycles. The third kappa shape index (κ3) is 3.64. The summed E-state index contributed by atoms with van der Waals surface area (Å²) in [7, 11) is 0. The molecule has 114 valence electrons. The fourth-order valence-electron chi connectivity index (χ4n) is 1.97. The maximum absolute atomic E-state index is 12.1. The van der Waals surface area contributed by atoms with Crippen LogP contribution < -0.4 is 5.32 Å². The maximum atomic E-state index is 12.1. The molecule has 0 atom stereocenters. The number of rotatable bonds is 7. The molecule has 2 rings (SSSR count). The minimum atomic E-state index is -0.575. The lowest BCUT2D eigenvalue weighted by molar-refractivity contribution is -0.124. The van der Waals surface area contributed by atoms with Crippen molar-refractivity contribution < 1.29 is 9.90 Å². The second-order valence-corrected chi connectivity index (χ2v) is 5.76. The van der Waals surface area contributed by atoms with Gasteiger partial charge in [0.2, 0.25) is 11.7 Å². The maximum Gasteiger partial charge on any atom is 0.244 e. The van der Waals surface area contributed by atoms with Crippen molar-refractivity contribution in [3.05, 3.63) is 17.5 Å². The predicted molar refractivity (Wildman–Crippen MR) is 79.7 cm³/mol. The van der Waals surface area contributed by atoms with E-state index >= 15 is 0 Å². The van der Waals surface area contributed by atoms with Gasteiger partial charge in [-0.2, -0.15) is 4.80 Å². The lowest BCUT2D eigenvalue weighted by Crippen LogP contribution is -2.51. The Bertz CT molecular complexity index is 569. The molecule has 0 saturated heterocycles. The number of hydrogen-bond donors (Lipinski definition) is 2. The molecule has 1 amide bonds. The summed E-state index contributed by atoms with van der Waals surface area (Å²) < 4.78 is 0. The fraction of sp³-hybridized carbons (Fsp3) is 0.538. The number of thiophene rings is 1. The summed E-state index contributed by atoms with van der Waals surface area (Å²) in [4.78, 5) is 14.2. The summed E-state index contributed by atoms with van der Waals surface area (Å²) in [6, 6.07) is 3.81. The van der Waals surface area contributed by atoms with Gasteiger partial charge in [-0.1, -0.05) is 19.9 Å². The Morgan fingerprint density at radius 3 is 2.81 bits per heavy atom. The monoisotopic (exact) mass is 309 g/mol. The van der Waals surface area contributed by atoms with Crippen molar-refractivity contribution in [1.29, 1.82) is 0 Å². The van der Waals surface area contributed by atoms with Gasteiger partial charge >= 0.3 is 0 Å². The number of carbonyl (C=O) groups excluding carboxylic acids is 1. The van der Waals surface area contributed by atoms with Gasteiger partial charge in [0.05, 0.1) is 17.0 Å². The average Bonchev–Trinajstić information content (AvgIpc) is 3.15. The molecule has 0 bridgehead atoms. The first-order chi connectivity index (χ1) is 10.1. The molecule has 0 aromatic carbocycles. The van der Waals surface area contributed by atoms with Crippen LogP contribution in [0.4, 0.5) is 0 Å². The Balaban J connectivity index is 2.00. The van der Waals surface area contributed by atoms with E-state index in [4.69, 9.17) is 0 Å². The van der Waals surface area contributed by atoms with E-state index < -0.39 is 5.54 Å². The normalized spacial score (nSPS) is 11.6. The molecular weight excluding hydrogens is 290 g/mol. The van der Waals surface area contributed by atoms with Crippen molar-refractivity contribution in [2.24, 2.45) is 0 Å². The predicted octanol–water partition coefficient (Wildman–Crippen LogP) is 1.07. The minimum absolute atomic E-state index is 0.0138. The molecule has 8 heteroatoms. The number of nitrogens with one attached hydrogen (secondary N) is 1. The molecule has 0 aliphatic rings. The summed E-state index contributed by atoms with van der Waals surface area (Å²) in [6.45, 7) is 3.77.